The fourth-order valence-corrected chi connectivity index (χ4v) is 0.368. The summed E-state index contributed by atoms with van der Waals surface area (Å²) in [6, 6.07) is 0. The SMILES string of the molecule is COCC[O][Y]. The van der Waals surface area contributed by atoms with Crippen molar-refractivity contribution >= 4 is 0 Å². The topological polar surface area (TPSA) is 18.5 Å². The number of rotatable bonds is 3. The van der Waals surface area contributed by atoms with Crippen LogP contribution in [0.25, 0.3) is 0 Å². The Morgan fingerprint density at radius 1 is 1.50 bits per heavy atom. The van der Waals surface area contributed by atoms with E-state index in [0.29, 0.717) is 0 Å². The third-order valence-corrected chi connectivity index (χ3v) is 0.985. The normalized spacial score (nSPS) is 8.67. The molecule has 0 aliphatic rings. The van der Waals surface area contributed by atoms with Crippen LogP contribution < -0.4 is 0 Å². The van der Waals surface area contributed by atoms with Gasteiger partial charge in [0, 0.05) is 0 Å². The summed E-state index contributed by atoms with van der Waals surface area (Å²) in [7, 11) is 1.67. The van der Waals surface area contributed by atoms with E-state index in [-0.39, 0.29) is 0 Å². The van der Waals surface area contributed by atoms with Gasteiger partial charge in [-0.2, -0.15) is 0 Å². The van der Waals surface area contributed by atoms with E-state index in [9.17, 15) is 0 Å². The van der Waals surface area contributed by atoms with Crippen molar-refractivity contribution in [2.75, 3.05) is 20.3 Å². The van der Waals surface area contributed by atoms with Crippen LogP contribution in [0.5, 0.6) is 0 Å². The molecule has 0 unspecified atom stereocenters. The third kappa shape index (κ3) is 5.02. The fraction of sp³-hybridized carbons (Fsp3) is 1.00. The number of hydrogen-bond donors (Lipinski definition) is 0. The second-order valence-electron chi connectivity index (χ2n) is 0.864. The van der Waals surface area contributed by atoms with Gasteiger partial charge in [-0.3, -0.25) is 0 Å². The third-order valence-electron chi connectivity index (χ3n) is 0.405. The molecule has 0 aromatic carbocycles. The molecule has 0 spiro atoms. The van der Waals surface area contributed by atoms with Crippen molar-refractivity contribution in [1.29, 1.82) is 0 Å². The monoisotopic (exact) mass is 164 g/mol. The first-order valence-electron chi connectivity index (χ1n) is 1.72. The van der Waals surface area contributed by atoms with E-state index in [4.69, 9.17) is 2.05 Å². The molecule has 0 rings (SSSR count). The molecule has 0 saturated heterocycles. The van der Waals surface area contributed by atoms with Crippen LogP contribution in [0.15, 0.2) is 0 Å². The summed E-state index contributed by atoms with van der Waals surface area (Å²) in [6.07, 6.45) is 0. The van der Waals surface area contributed by atoms with E-state index in [0.717, 1.165) is 44.7 Å². The van der Waals surface area contributed by atoms with Gasteiger partial charge in [-0.05, 0) is 0 Å². The zero-order chi connectivity index (χ0) is 4.83. The van der Waals surface area contributed by atoms with Crippen LogP contribution in [-0.4, -0.2) is 20.3 Å². The Morgan fingerprint density at radius 3 is 2.33 bits per heavy atom. The van der Waals surface area contributed by atoms with Crippen molar-refractivity contribution in [1.82, 2.24) is 0 Å². The number of hydrogen-bond acceptors (Lipinski definition) is 2. The molecule has 2 nitrogen and oxygen atoms in total. The quantitative estimate of drug-likeness (QED) is 0.551. The Kier molecular flexibility index (Phi) is 7.05. The van der Waals surface area contributed by atoms with Crippen molar-refractivity contribution < 1.29 is 38.3 Å². The first-order chi connectivity index (χ1) is 2.91. The van der Waals surface area contributed by atoms with Gasteiger partial charge in [0.15, 0.2) is 0 Å². The Hall–Kier alpha value is 1.02. The van der Waals surface area contributed by atoms with Crippen LogP contribution in [0.3, 0.4) is 0 Å². The van der Waals surface area contributed by atoms with Gasteiger partial charge in [0.1, 0.15) is 0 Å². The molecule has 0 heterocycles. The molecule has 0 aromatic heterocycles. The molecular weight excluding hydrogens is 157 g/mol. The summed E-state index contributed by atoms with van der Waals surface area (Å²) >= 11 is 0.876. The molecule has 34 valence electrons. The molecule has 6 heavy (non-hydrogen) atoms. The molecule has 0 fully saturated rings. The second-order valence-corrected chi connectivity index (χ2v) is 1.68. The molecule has 0 radical (unpaired) electrons. The Labute approximate surface area is 58.5 Å². The molecule has 0 bridgehead atoms. The molecule has 0 aliphatic heterocycles. The van der Waals surface area contributed by atoms with Gasteiger partial charge >= 0.3 is 58.6 Å². The molecule has 0 N–H and O–H groups in total. The van der Waals surface area contributed by atoms with E-state index in [1.165, 1.54) is 0 Å². The van der Waals surface area contributed by atoms with Crippen molar-refractivity contribution in [3.63, 3.8) is 0 Å². The minimum absolute atomic E-state index is 0.723. The molecule has 0 aliphatic carbocycles. The van der Waals surface area contributed by atoms with Gasteiger partial charge < -0.3 is 0 Å². The van der Waals surface area contributed by atoms with Crippen molar-refractivity contribution in [3.05, 3.63) is 0 Å². The zero-order valence-electron chi connectivity index (χ0n) is 3.81. The molecule has 0 amide bonds. The minimum atomic E-state index is 0.723. The van der Waals surface area contributed by atoms with Crippen LogP contribution in [0.4, 0.5) is 0 Å². The molecule has 3 heteroatoms. The van der Waals surface area contributed by atoms with Crippen molar-refractivity contribution in [3.8, 4) is 0 Å². The summed E-state index contributed by atoms with van der Waals surface area (Å²) < 4.78 is 9.47. The molecular formula is C3H7O2Y. The summed E-state index contributed by atoms with van der Waals surface area (Å²) in [6.45, 7) is 1.47. The Morgan fingerprint density at radius 2 is 2.17 bits per heavy atom. The Balaban J connectivity index is 2.34. The molecule has 0 aromatic rings. The first-order valence-corrected chi connectivity index (χ1v) is 2.88. The van der Waals surface area contributed by atoms with Gasteiger partial charge in [-0.1, -0.05) is 0 Å². The van der Waals surface area contributed by atoms with Gasteiger partial charge in [0.25, 0.3) is 0 Å². The maximum absolute atomic E-state index is 4.79. The number of methoxy groups -OCH3 is 1. The van der Waals surface area contributed by atoms with E-state index in [1.54, 1.807) is 7.11 Å². The average molecular weight is 164 g/mol. The van der Waals surface area contributed by atoms with E-state index >= 15 is 0 Å². The van der Waals surface area contributed by atoms with E-state index in [1.807, 2.05) is 0 Å². The summed E-state index contributed by atoms with van der Waals surface area (Å²) in [5, 5.41) is 0. The molecule has 0 saturated carbocycles. The second kappa shape index (κ2) is 6.02. The zero-order valence-corrected chi connectivity index (χ0v) is 6.65. The summed E-state index contributed by atoms with van der Waals surface area (Å²) in [5.41, 5.74) is 0. The van der Waals surface area contributed by atoms with Gasteiger partial charge in [-0.25, -0.2) is 0 Å². The average Bonchev–Trinajstić information content (AvgIpc) is 1.61. The molecule has 0 atom stereocenters. The first kappa shape index (κ1) is 7.02. The maximum atomic E-state index is 4.79. The fourth-order valence-electron chi connectivity index (χ4n) is 0.131. The van der Waals surface area contributed by atoms with Crippen LogP contribution in [0, 0.1) is 0 Å². The van der Waals surface area contributed by atoms with E-state index in [2.05, 4.69) is 4.74 Å². The van der Waals surface area contributed by atoms with Crippen molar-refractivity contribution in [2.45, 2.75) is 0 Å². The van der Waals surface area contributed by atoms with Gasteiger partial charge in [0.05, 0.1) is 0 Å². The van der Waals surface area contributed by atoms with Gasteiger partial charge in [0.2, 0.25) is 0 Å². The van der Waals surface area contributed by atoms with Crippen molar-refractivity contribution in [2.24, 2.45) is 0 Å². The predicted octanol–water partition coefficient (Wildman–Crippen LogP) is 0.111. The van der Waals surface area contributed by atoms with Crippen LogP contribution in [-0.2, 0) is 38.3 Å². The summed E-state index contributed by atoms with van der Waals surface area (Å²) in [5.74, 6) is 0. The van der Waals surface area contributed by atoms with Crippen LogP contribution in [0.2, 0.25) is 0 Å². The Bertz CT molecular complexity index is 20.8. The predicted molar refractivity (Wildman–Crippen MR) is 17.8 cm³/mol. The summed E-state index contributed by atoms with van der Waals surface area (Å²) in [4.78, 5) is 0. The van der Waals surface area contributed by atoms with E-state index < -0.39 is 0 Å². The number of ether oxygens (including phenoxy) is 1. The van der Waals surface area contributed by atoms with Gasteiger partial charge in [-0.15, -0.1) is 0 Å². The standard InChI is InChI=1S/C3H7O2.Y/c1-5-3-2-4;/h2-3H2,1H3;/q-1;+1. The van der Waals surface area contributed by atoms with Crippen LogP contribution >= 0.6 is 0 Å². The van der Waals surface area contributed by atoms with Crippen LogP contribution in [0.1, 0.15) is 0 Å².